The second kappa shape index (κ2) is 10.8. The number of nitrogens with two attached hydrogens (primary N) is 1. The molecule has 7 nitrogen and oxygen atoms in total. The number of nitrogens with zero attached hydrogens (tertiary/aromatic N) is 5. The summed E-state index contributed by atoms with van der Waals surface area (Å²) in [4.78, 5) is 23.1. The fourth-order valence-corrected chi connectivity index (χ4v) is 6.78. The molecular weight excluding hydrogens is 483 g/mol. The molecule has 1 aliphatic carbocycles. The molecule has 192 valence electrons. The summed E-state index contributed by atoms with van der Waals surface area (Å²) in [6.07, 6.45) is 8.20. The van der Waals surface area contributed by atoms with Gasteiger partial charge in [0.25, 0.3) is 0 Å². The van der Waals surface area contributed by atoms with E-state index in [1.54, 1.807) is 4.68 Å². The number of aromatic nitrogens is 3. The predicted octanol–water partition coefficient (Wildman–Crippen LogP) is 3.92. The standard InChI is InChI=1S/C26H36N6O.2ClH/c1-17(27)26-28-25(20-6-3-2-4-7-20)29-32(26)16-24(33)30-13-18-12-21(15-30)23-9-5-8-22(19-10-11-19)31(23)14-18;;/h2-4,6-7,17-19,21-23H,5,8-16,27H2,1H3;2*1H/t17-,18-,21+,22+,23-;;/m0../s1. The van der Waals surface area contributed by atoms with Gasteiger partial charge in [0.1, 0.15) is 12.4 Å². The Morgan fingerprint density at radius 1 is 1.03 bits per heavy atom. The number of fused-ring (bicyclic) bond motifs is 4. The Labute approximate surface area is 220 Å². The van der Waals surface area contributed by atoms with E-state index in [9.17, 15) is 4.79 Å². The number of piperidine rings is 3. The Hall–Kier alpha value is -1.67. The number of likely N-dealkylation sites (tertiary alicyclic amines) is 1. The highest BCUT2D eigenvalue weighted by Crippen LogP contribution is 2.46. The summed E-state index contributed by atoms with van der Waals surface area (Å²) in [5.41, 5.74) is 7.14. The third-order valence-corrected chi connectivity index (χ3v) is 8.38. The molecular formula is C26H38Cl2N6O. The van der Waals surface area contributed by atoms with Crippen LogP contribution < -0.4 is 5.73 Å². The summed E-state index contributed by atoms with van der Waals surface area (Å²) in [5, 5.41) is 4.68. The molecule has 2 bridgehead atoms. The van der Waals surface area contributed by atoms with E-state index >= 15 is 0 Å². The first-order valence-electron chi connectivity index (χ1n) is 12.9. The third kappa shape index (κ3) is 5.24. The van der Waals surface area contributed by atoms with Crippen molar-refractivity contribution in [1.29, 1.82) is 0 Å². The van der Waals surface area contributed by atoms with E-state index in [4.69, 9.17) is 5.73 Å². The van der Waals surface area contributed by atoms with Crippen LogP contribution in [-0.2, 0) is 11.3 Å². The smallest absolute Gasteiger partial charge is 0.244 e. The molecule has 4 heterocycles. The van der Waals surface area contributed by atoms with Gasteiger partial charge in [0.05, 0.1) is 6.04 Å². The van der Waals surface area contributed by atoms with Gasteiger partial charge in [-0.15, -0.1) is 24.8 Å². The van der Waals surface area contributed by atoms with Gasteiger partial charge in [-0.1, -0.05) is 36.8 Å². The molecule has 0 radical (unpaired) electrons. The van der Waals surface area contributed by atoms with E-state index in [-0.39, 0.29) is 43.3 Å². The third-order valence-electron chi connectivity index (χ3n) is 8.38. The van der Waals surface area contributed by atoms with Gasteiger partial charge in [-0.05, 0) is 56.8 Å². The molecule has 3 aliphatic heterocycles. The van der Waals surface area contributed by atoms with Gasteiger partial charge >= 0.3 is 0 Å². The highest BCUT2D eigenvalue weighted by Gasteiger charge is 2.48. The van der Waals surface area contributed by atoms with E-state index in [2.05, 4.69) is 19.9 Å². The number of hydrogen-bond donors (Lipinski definition) is 1. The van der Waals surface area contributed by atoms with Crippen LogP contribution in [0, 0.1) is 17.8 Å². The molecule has 4 fully saturated rings. The first-order valence-corrected chi connectivity index (χ1v) is 12.9. The molecule has 5 atom stereocenters. The fourth-order valence-electron chi connectivity index (χ4n) is 6.78. The number of carbonyl (C=O) groups is 1. The van der Waals surface area contributed by atoms with Crippen LogP contribution in [-0.4, -0.2) is 62.2 Å². The van der Waals surface area contributed by atoms with Crippen LogP contribution in [0.3, 0.4) is 0 Å². The molecule has 2 aromatic rings. The van der Waals surface area contributed by atoms with E-state index in [1.807, 2.05) is 37.3 Å². The van der Waals surface area contributed by atoms with Crippen molar-refractivity contribution in [2.24, 2.45) is 23.5 Å². The molecule has 3 saturated heterocycles. The number of benzene rings is 1. The van der Waals surface area contributed by atoms with Crippen LogP contribution in [0.5, 0.6) is 0 Å². The topological polar surface area (TPSA) is 80.3 Å². The lowest BCUT2D eigenvalue weighted by molar-refractivity contribution is -0.140. The van der Waals surface area contributed by atoms with Gasteiger partial charge in [0.15, 0.2) is 5.82 Å². The molecule has 0 spiro atoms. The highest BCUT2D eigenvalue weighted by atomic mass is 35.5. The zero-order valence-corrected chi connectivity index (χ0v) is 22.1. The van der Waals surface area contributed by atoms with Gasteiger partial charge in [-0.25, -0.2) is 9.67 Å². The minimum Gasteiger partial charge on any atom is -0.340 e. The van der Waals surface area contributed by atoms with Gasteiger partial charge in [-0.3, -0.25) is 9.69 Å². The number of carbonyl (C=O) groups excluding carboxylic acids is 1. The van der Waals surface area contributed by atoms with Crippen LogP contribution in [0.15, 0.2) is 30.3 Å². The Bertz CT molecular complexity index is 1010. The van der Waals surface area contributed by atoms with Crippen LogP contribution in [0.4, 0.5) is 0 Å². The molecule has 6 rings (SSSR count). The van der Waals surface area contributed by atoms with Crippen molar-refractivity contribution >= 4 is 30.7 Å². The van der Waals surface area contributed by atoms with Crippen LogP contribution >= 0.6 is 24.8 Å². The van der Waals surface area contributed by atoms with Crippen molar-refractivity contribution in [3.8, 4) is 11.4 Å². The second-order valence-electron chi connectivity index (χ2n) is 10.9. The van der Waals surface area contributed by atoms with Crippen molar-refractivity contribution < 1.29 is 4.79 Å². The van der Waals surface area contributed by atoms with Crippen LogP contribution in [0.1, 0.15) is 57.3 Å². The average molecular weight is 522 g/mol. The largest absolute Gasteiger partial charge is 0.340 e. The van der Waals surface area contributed by atoms with E-state index in [0.29, 0.717) is 29.5 Å². The van der Waals surface area contributed by atoms with Crippen molar-refractivity contribution in [1.82, 2.24) is 24.6 Å². The Kier molecular flexibility index (Phi) is 8.11. The molecule has 0 unspecified atom stereocenters. The summed E-state index contributed by atoms with van der Waals surface area (Å²) in [6.45, 7) is 5.07. The quantitative estimate of drug-likeness (QED) is 0.645. The van der Waals surface area contributed by atoms with E-state index in [1.165, 1.54) is 45.1 Å². The summed E-state index contributed by atoms with van der Waals surface area (Å²) >= 11 is 0. The summed E-state index contributed by atoms with van der Waals surface area (Å²) in [5.74, 6) is 3.63. The number of halogens is 2. The lowest BCUT2D eigenvalue weighted by Crippen LogP contribution is -2.62. The van der Waals surface area contributed by atoms with Crippen molar-refractivity contribution in [3.05, 3.63) is 36.2 Å². The summed E-state index contributed by atoms with van der Waals surface area (Å²) < 4.78 is 1.73. The van der Waals surface area contributed by atoms with Crippen molar-refractivity contribution in [2.45, 2.75) is 70.1 Å². The van der Waals surface area contributed by atoms with Gasteiger partial charge in [-0.2, -0.15) is 5.10 Å². The zero-order valence-electron chi connectivity index (χ0n) is 20.5. The molecule has 9 heteroatoms. The lowest BCUT2D eigenvalue weighted by Gasteiger charge is -2.55. The predicted molar refractivity (Wildman–Crippen MR) is 142 cm³/mol. The number of rotatable bonds is 5. The van der Waals surface area contributed by atoms with Gasteiger partial charge < -0.3 is 10.6 Å². The summed E-state index contributed by atoms with van der Waals surface area (Å²) in [6, 6.07) is 11.1. The zero-order chi connectivity index (χ0) is 22.5. The SMILES string of the molecule is C[C@H](N)c1nc(-c2ccccc2)nn1CC(=O)N1C[C@@H]2C[C@H](C1)[C@@H]1CCC[C@H](C3CC3)N1C2.Cl.Cl. The molecule has 1 amide bonds. The maximum Gasteiger partial charge on any atom is 0.244 e. The Balaban J connectivity index is 0.00000144. The number of amides is 1. The normalized spacial score (nSPS) is 28.9. The first kappa shape index (κ1) is 26.4. The molecule has 2 N–H and O–H groups in total. The summed E-state index contributed by atoms with van der Waals surface area (Å²) in [7, 11) is 0. The maximum atomic E-state index is 13.4. The Morgan fingerprint density at radius 2 is 1.74 bits per heavy atom. The number of hydrogen-bond acceptors (Lipinski definition) is 5. The molecule has 1 saturated carbocycles. The average Bonchev–Trinajstić information content (AvgIpc) is 3.58. The minimum absolute atomic E-state index is 0. The van der Waals surface area contributed by atoms with Gasteiger partial charge in [0, 0.05) is 37.3 Å². The monoisotopic (exact) mass is 520 g/mol. The minimum atomic E-state index is -0.279. The second-order valence-corrected chi connectivity index (χ2v) is 10.9. The maximum absolute atomic E-state index is 13.4. The van der Waals surface area contributed by atoms with Crippen LogP contribution in [0.25, 0.3) is 11.4 Å². The molecule has 1 aromatic carbocycles. The first-order chi connectivity index (χ1) is 16.1. The van der Waals surface area contributed by atoms with Crippen molar-refractivity contribution in [3.63, 3.8) is 0 Å². The molecule has 35 heavy (non-hydrogen) atoms. The van der Waals surface area contributed by atoms with Crippen LogP contribution in [0.2, 0.25) is 0 Å². The molecule has 4 aliphatic rings. The van der Waals surface area contributed by atoms with Crippen molar-refractivity contribution in [2.75, 3.05) is 19.6 Å². The highest BCUT2D eigenvalue weighted by molar-refractivity contribution is 5.85. The van der Waals surface area contributed by atoms with E-state index < -0.39 is 0 Å². The fraction of sp³-hybridized carbons (Fsp3) is 0.654. The molecule has 1 aromatic heterocycles. The lowest BCUT2D eigenvalue weighted by atomic mass is 9.74. The Morgan fingerprint density at radius 3 is 2.43 bits per heavy atom. The van der Waals surface area contributed by atoms with E-state index in [0.717, 1.165) is 30.6 Å². The van der Waals surface area contributed by atoms with Gasteiger partial charge in [0.2, 0.25) is 5.91 Å².